The molecule has 0 N–H and O–H groups in total. The molecule has 0 bridgehead atoms. The largest absolute Gasteiger partial charge is 0.573 e. The van der Waals surface area contributed by atoms with Crippen molar-refractivity contribution in [2.45, 2.75) is 12.4 Å². The molecule has 24 heavy (non-hydrogen) atoms. The van der Waals surface area contributed by atoms with Crippen LogP contribution >= 0.6 is 0 Å². The predicted molar refractivity (Wildman–Crippen MR) is 77.1 cm³/mol. The summed E-state index contributed by atoms with van der Waals surface area (Å²) in [6.07, 6.45) is -3.51. The maximum Gasteiger partial charge on any atom is 0.573 e. The molecule has 1 heterocycles. The van der Waals surface area contributed by atoms with Crippen LogP contribution in [0, 0.1) is 0 Å². The number of nitrogens with zero attached hydrogens (tertiary/aromatic N) is 1. The van der Waals surface area contributed by atoms with Gasteiger partial charge in [-0.15, -0.1) is 13.2 Å². The van der Waals surface area contributed by atoms with E-state index < -0.39 is 24.1 Å². The number of halogens is 3. The Labute approximate surface area is 135 Å². The topological polar surface area (TPSA) is 66.4 Å². The fraction of sp³-hybridized carbons (Fsp3) is 0.333. The molecule has 0 radical (unpaired) electrons. The predicted octanol–water partition coefficient (Wildman–Crippen LogP) is 2.47. The summed E-state index contributed by atoms with van der Waals surface area (Å²) >= 11 is 0. The number of carbonyl (C=O) groups excluding carboxylic acids is 1. The highest BCUT2D eigenvalue weighted by molar-refractivity contribution is 5.98. The van der Waals surface area contributed by atoms with Crippen molar-refractivity contribution in [3.05, 3.63) is 36.4 Å². The van der Waals surface area contributed by atoms with Crippen molar-refractivity contribution in [3.8, 4) is 11.5 Å². The van der Waals surface area contributed by atoms with Crippen LogP contribution in [0.2, 0.25) is 0 Å². The first-order valence-electron chi connectivity index (χ1n) is 6.76. The summed E-state index contributed by atoms with van der Waals surface area (Å²) in [5, 5.41) is 0. The highest BCUT2D eigenvalue weighted by atomic mass is 19.4. The molecule has 0 spiro atoms. The molecule has 1 aromatic rings. The Bertz CT molecular complexity index is 657. The third-order valence-corrected chi connectivity index (χ3v) is 2.90. The summed E-state index contributed by atoms with van der Waals surface area (Å²) in [5.41, 5.74) is 0.214. The fourth-order valence-corrected chi connectivity index (χ4v) is 1.90. The van der Waals surface area contributed by atoms with Crippen LogP contribution in [0.25, 0.3) is 0 Å². The molecule has 1 unspecified atom stereocenters. The van der Waals surface area contributed by atoms with Crippen LogP contribution in [-0.2, 0) is 14.3 Å². The molecule has 9 heteroatoms. The summed E-state index contributed by atoms with van der Waals surface area (Å²) < 4.78 is 56.5. The van der Waals surface area contributed by atoms with Crippen molar-refractivity contribution in [1.29, 1.82) is 0 Å². The third-order valence-electron chi connectivity index (χ3n) is 2.90. The Morgan fingerprint density at radius 3 is 2.83 bits per heavy atom. The second-order valence-electron chi connectivity index (χ2n) is 4.59. The zero-order valence-corrected chi connectivity index (χ0v) is 12.6. The van der Waals surface area contributed by atoms with Crippen LogP contribution in [0.15, 0.2) is 35.8 Å². The average molecular weight is 345 g/mol. The van der Waals surface area contributed by atoms with E-state index in [1.807, 2.05) is 0 Å². The third kappa shape index (κ3) is 4.40. The van der Waals surface area contributed by atoms with Gasteiger partial charge in [-0.05, 0) is 18.2 Å². The van der Waals surface area contributed by atoms with E-state index in [2.05, 4.69) is 21.0 Å². The lowest BCUT2D eigenvalue weighted by Gasteiger charge is -2.14. The number of hydrogen-bond donors (Lipinski definition) is 0. The quantitative estimate of drug-likeness (QED) is 0.585. The maximum absolute atomic E-state index is 12.5. The molecule has 0 aromatic heterocycles. The summed E-state index contributed by atoms with van der Waals surface area (Å²) in [6.45, 7) is 3.38. The monoisotopic (exact) mass is 345 g/mol. The molecular weight excluding hydrogens is 331 g/mol. The molecule has 0 saturated heterocycles. The van der Waals surface area contributed by atoms with Crippen molar-refractivity contribution < 1.29 is 36.9 Å². The van der Waals surface area contributed by atoms with Gasteiger partial charge >= 0.3 is 12.3 Å². The van der Waals surface area contributed by atoms with Crippen molar-refractivity contribution in [2.75, 3.05) is 20.3 Å². The summed E-state index contributed by atoms with van der Waals surface area (Å²) in [5.74, 6) is -1.23. The molecule has 0 fully saturated rings. The zero-order chi connectivity index (χ0) is 17.7. The highest BCUT2D eigenvalue weighted by Gasteiger charge is 2.33. The molecule has 2 rings (SSSR count). The van der Waals surface area contributed by atoms with E-state index in [0.29, 0.717) is 0 Å². The number of carbonyl (C=O) groups is 1. The molecule has 0 saturated carbocycles. The number of esters is 1. The summed E-state index contributed by atoms with van der Waals surface area (Å²) in [7, 11) is 1.21. The van der Waals surface area contributed by atoms with Gasteiger partial charge in [0.1, 0.15) is 13.2 Å². The lowest BCUT2D eigenvalue weighted by Crippen LogP contribution is -2.21. The van der Waals surface area contributed by atoms with Crippen LogP contribution in [0.4, 0.5) is 13.2 Å². The van der Waals surface area contributed by atoms with Gasteiger partial charge in [-0.25, -0.2) is 9.79 Å². The number of alkyl halides is 3. The number of methoxy groups -OCH3 is 1. The Hall–Kier alpha value is -2.71. The SMILES string of the molecule is C=CCOc1ccc(C2=NC(C(=O)OC)CO2)cc1OC(F)(F)F. The molecule has 1 aliphatic rings. The highest BCUT2D eigenvalue weighted by Crippen LogP contribution is 2.34. The van der Waals surface area contributed by atoms with E-state index >= 15 is 0 Å². The van der Waals surface area contributed by atoms with Crippen molar-refractivity contribution >= 4 is 11.9 Å². The lowest BCUT2D eigenvalue weighted by molar-refractivity contribution is -0.275. The summed E-state index contributed by atoms with van der Waals surface area (Å²) in [4.78, 5) is 15.4. The molecule has 1 aromatic carbocycles. The standard InChI is InChI=1S/C15H14F3NO5/c1-3-6-22-11-5-4-9(7-12(11)24-15(16,17)18)13-19-10(8-23-13)14(20)21-2/h3-5,7,10H,1,6,8H2,2H3. The number of hydrogen-bond acceptors (Lipinski definition) is 6. The van der Waals surface area contributed by atoms with Gasteiger partial charge in [0, 0.05) is 5.56 Å². The van der Waals surface area contributed by atoms with Gasteiger partial charge < -0.3 is 18.9 Å². The number of ether oxygens (including phenoxy) is 4. The van der Waals surface area contributed by atoms with E-state index in [9.17, 15) is 18.0 Å². The number of rotatable bonds is 6. The van der Waals surface area contributed by atoms with E-state index in [0.717, 1.165) is 6.07 Å². The minimum atomic E-state index is -4.89. The molecule has 1 atom stereocenters. The van der Waals surface area contributed by atoms with Gasteiger partial charge in [-0.3, -0.25) is 0 Å². The summed E-state index contributed by atoms with van der Waals surface area (Å²) in [6, 6.07) is 2.95. The van der Waals surface area contributed by atoms with Gasteiger partial charge in [0.2, 0.25) is 5.90 Å². The normalized spacial score (nSPS) is 16.8. The zero-order valence-electron chi connectivity index (χ0n) is 12.6. The van der Waals surface area contributed by atoms with Crippen molar-refractivity contribution in [3.63, 3.8) is 0 Å². The van der Waals surface area contributed by atoms with Crippen LogP contribution in [0.5, 0.6) is 11.5 Å². The fourth-order valence-electron chi connectivity index (χ4n) is 1.90. The van der Waals surface area contributed by atoms with E-state index in [-0.39, 0.29) is 30.4 Å². The van der Waals surface area contributed by atoms with Gasteiger partial charge in [0.15, 0.2) is 17.5 Å². The lowest BCUT2D eigenvalue weighted by atomic mass is 10.2. The maximum atomic E-state index is 12.5. The van der Waals surface area contributed by atoms with Crippen LogP contribution in [0.1, 0.15) is 5.56 Å². The smallest absolute Gasteiger partial charge is 0.486 e. The minimum Gasteiger partial charge on any atom is -0.486 e. The van der Waals surface area contributed by atoms with E-state index in [4.69, 9.17) is 9.47 Å². The van der Waals surface area contributed by atoms with Crippen LogP contribution in [-0.4, -0.2) is 44.6 Å². The van der Waals surface area contributed by atoms with Gasteiger partial charge in [-0.2, -0.15) is 0 Å². The minimum absolute atomic E-state index is 0.00935. The van der Waals surface area contributed by atoms with Gasteiger partial charge in [0.25, 0.3) is 0 Å². The Kier molecular flexibility index (Phi) is 5.32. The number of aliphatic imine (C=N–C) groups is 1. The Morgan fingerprint density at radius 1 is 1.46 bits per heavy atom. The second kappa shape index (κ2) is 7.24. The molecule has 6 nitrogen and oxygen atoms in total. The Morgan fingerprint density at radius 2 is 2.21 bits per heavy atom. The number of benzene rings is 1. The van der Waals surface area contributed by atoms with Gasteiger partial charge in [-0.1, -0.05) is 12.7 Å². The molecule has 0 amide bonds. The first-order chi connectivity index (χ1) is 11.3. The molecule has 0 aliphatic carbocycles. The first kappa shape index (κ1) is 17.6. The van der Waals surface area contributed by atoms with Crippen molar-refractivity contribution in [2.24, 2.45) is 4.99 Å². The second-order valence-corrected chi connectivity index (χ2v) is 4.59. The molecule has 130 valence electrons. The van der Waals surface area contributed by atoms with Crippen LogP contribution < -0.4 is 9.47 Å². The van der Waals surface area contributed by atoms with E-state index in [1.165, 1.54) is 25.3 Å². The Balaban J connectivity index is 2.30. The molecular formula is C15H14F3NO5. The first-order valence-corrected chi connectivity index (χ1v) is 6.76. The van der Waals surface area contributed by atoms with Crippen LogP contribution in [0.3, 0.4) is 0 Å². The van der Waals surface area contributed by atoms with Gasteiger partial charge in [0.05, 0.1) is 7.11 Å². The molecule has 1 aliphatic heterocycles. The van der Waals surface area contributed by atoms with Crippen molar-refractivity contribution in [1.82, 2.24) is 0 Å². The average Bonchev–Trinajstić information content (AvgIpc) is 3.01. The van der Waals surface area contributed by atoms with E-state index in [1.54, 1.807) is 0 Å².